The summed E-state index contributed by atoms with van der Waals surface area (Å²) < 4.78 is 12.0. The summed E-state index contributed by atoms with van der Waals surface area (Å²) in [6.45, 7) is 7.29. The van der Waals surface area contributed by atoms with Crippen LogP contribution >= 0.6 is 11.3 Å². The van der Waals surface area contributed by atoms with Gasteiger partial charge in [0.1, 0.15) is 0 Å². The number of carbonyl (C=O) groups is 1. The summed E-state index contributed by atoms with van der Waals surface area (Å²) in [5, 5.41) is 0. The minimum atomic E-state index is 0.0464. The van der Waals surface area contributed by atoms with Gasteiger partial charge in [0.15, 0.2) is 11.6 Å². The number of carbonyl (C=O) groups excluding carboxylic acids is 1. The van der Waals surface area contributed by atoms with E-state index in [1.165, 1.54) is 0 Å². The minimum Gasteiger partial charge on any atom is -0.378 e. The van der Waals surface area contributed by atoms with E-state index >= 15 is 0 Å². The van der Waals surface area contributed by atoms with Gasteiger partial charge in [0.2, 0.25) is 5.95 Å². The van der Waals surface area contributed by atoms with Crippen LogP contribution in [0.5, 0.6) is 0 Å². The van der Waals surface area contributed by atoms with E-state index < -0.39 is 0 Å². The number of fused-ring (bicyclic) bond motifs is 1. The van der Waals surface area contributed by atoms with Gasteiger partial charge in [-0.15, -0.1) is 11.3 Å². The Bertz CT molecular complexity index is 1440. The summed E-state index contributed by atoms with van der Waals surface area (Å²) >= 11 is 1.66. The van der Waals surface area contributed by atoms with E-state index in [0.717, 1.165) is 45.1 Å². The molecule has 2 aliphatic rings. The maximum Gasteiger partial charge on any atom is 0.254 e. The Morgan fingerprint density at radius 1 is 0.973 bits per heavy atom. The van der Waals surface area contributed by atoms with Crippen LogP contribution in [0.15, 0.2) is 36.7 Å². The van der Waals surface area contributed by atoms with Gasteiger partial charge in [0.25, 0.3) is 5.91 Å². The van der Waals surface area contributed by atoms with E-state index in [2.05, 4.69) is 20.9 Å². The summed E-state index contributed by atoms with van der Waals surface area (Å²) in [6.07, 6.45) is 3.29. The zero-order chi connectivity index (χ0) is 25.4. The van der Waals surface area contributed by atoms with Crippen LogP contribution in [-0.4, -0.2) is 83.3 Å². The van der Waals surface area contributed by atoms with Crippen molar-refractivity contribution in [1.82, 2.24) is 24.8 Å². The predicted octanol–water partition coefficient (Wildman–Crippen LogP) is 3.01. The monoisotopic (exact) mass is 517 g/mol. The average Bonchev–Trinajstić information content (AvgIpc) is 3.37. The second-order valence-electron chi connectivity index (χ2n) is 9.06. The van der Waals surface area contributed by atoms with Gasteiger partial charge in [0, 0.05) is 49.0 Å². The smallest absolute Gasteiger partial charge is 0.254 e. The number of ether oxygens (including phenoxy) is 2. The van der Waals surface area contributed by atoms with E-state index in [4.69, 9.17) is 25.2 Å². The third-order valence-corrected chi connectivity index (χ3v) is 7.78. The second kappa shape index (κ2) is 10.0. The molecular weight excluding hydrogens is 490 g/mol. The first kappa shape index (κ1) is 23.7. The number of hydrogen-bond acceptors (Lipinski definition) is 10. The van der Waals surface area contributed by atoms with Crippen molar-refractivity contribution in [3.05, 3.63) is 47.8 Å². The Morgan fingerprint density at radius 2 is 1.68 bits per heavy atom. The molecule has 2 N–H and O–H groups in total. The molecule has 190 valence electrons. The van der Waals surface area contributed by atoms with Crippen LogP contribution in [0.25, 0.3) is 32.0 Å². The number of nitrogen functional groups attached to an aromatic ring is 1. The van der Waals surface area contributed by atoms with E-state index in [9.17, 15) is 4.79 Å². The summed E-state index contributed by atoms with van der Waals surface area (Å²) in [4.78, 5) is 36.2. The van der Waals surface area contributed by atoms with Crippen LogP contribution in [0.2, 0.25) is 0 Å². The molecule has 0 radical (unpaired) electrons. The number of rotatable bonds is 4. The fourth-order valence-electron chi connectivity index (χ4n) is 4.64. The molecule has 37 heavy (non-hydrogen) atoms. The lowest BCUT2D eigenvalue weighted by molar-refractivity contribution is 0.0303. The molecule has 5 heterocycles. The Hall–Kier alpha value is -3.67. The van der Waals surface area contributed by atoms with E-state index in [0.29, 0.717) is 56.5 Å². The zero-order valence-corrected chi connectivity index (χ0v) is 21.3. The normalized spacial score (nSPS) is 16.4. The number of aryl methyl sites for hydroxylation is 1. The highest BCUT2D eigenvalue weighted by atomic mass is 32.1. The number of nitrogens with zero attached hydrogens (tertiary/aromatic N) is 6. The maximum absolute atomic E-state index is 13.0. The molecule has 10 nitrogen and oxygen atoms in total. The number of anilines is 2. The fraction of sp³-hybridized carbons (Fsp3) is 0.346. The lowest BCUT2D eigenvalue weighted by atomic mass is 10.0. The van der Waals surface area contributed by atoms with Gasteiger partial charge in [0.05, 0.1) is 42.2 Å². The molecule has 0 spiro atoms. The molecule has 0 saturated carbocycles. The molecule has 0 aliphatic carbocycles. The largest absolute Gasteiger partial charge is 0.378 e. The molecule has 0 unspecified atom stereocenters. The summed E-state index contributed by atoms with van der Waals surface area (Å²) in [5.41, 5.74) is 10.1. The fourth-order valence-corrected chi connectivity index (χ4v) is 5.85. The lowest BCUT2D eigenvalue weighted by Gasteiger charge is -2.28. The van der Waals surface area contributed by atoms with Crippen molar-refractivity contribution in [2.75, 3.05) is 63.2 Å². The van der Waals surface area contributed by atoms with Crippen LogP contribution in [0.4, 0.5) is 11.8 Å². The van der Waals surface area contributed by atoms with E-state index in [-0.39, 0.29) is 11.9 Å². The van der Waals surface area contributed by atoms with Crippen LogP contribution in [-0.2, 0) is 9.47 Å². The van der Waals surface area contributed by atoms with Crippen molar-refractivity contribution >= 4 is 39.2 Å². The average molecular weight is 518 g/mol. The number of thiophene rings is 1. The standard InChI is InChI=1S/C26H27N7O3S/c1-16-12-17(25(34)33-6-10-36-11-7-33)2-3-19(16)21-13-20-22(37-21)24(32-4-8-35-9-5-32)31-23(30-20)18-14-28-26(27)29-15-18/h2-3,12-15H,4-11H2,1H3,(H2,27,28,29). The first-order valence-corrected chi connectivity index (χ1v) is 13.1. The Kier molecular flexibility index (Phi) is 6.41. The van der Waals surface area contributed by atoms with Crippen LogP contribution < -0.4 is 10.6 Å². The van der Waals surface area contributed by atoms with Crippen LogP contribution in [0.1, 0.15) is 15.9 Å². The molecule has 3 aromatic heterocycles. The van der Waals surface area contributed by atoms with Crippen molar-refractivity contribution in [3.63, 3.8) is 0 Å². The third-order valence-electron chi connectivity index (χ3n) is 6.63. The SMILES string of the molecule is Cc1cc(C(=O)N2CCOCC2)ccc1-c1cc2nc(-c3cnc(N)nc3)nc(N3CCOCC3)c2s1. The summed E-state index contributed by atoms with van der Waals surface area (Å²) in [7, 11) is 0. The van der Waals surface area contributed by atoms with Gasteiger partial charge in [-0.2, -0.15) is 0 Å². The van der Waals surface area contributed by atoms with Crippen LogP contribution in [0, 0.1) is 6.92 Å². The Morgan fingerprint density at radius 3 is 2.38 bits per heavy atom. The first-order valence-electron chi connectivity index (χ1n) is 12.3. The molecule has 1 aromatic carbocycles. The minimum absolute atomic E-state index is 0.0464. The molecule has 2 saturated heterocycles. The predicted molar refractivity (Wildman–Crippen MR) is 143 cm³/mol. The van der Waals surface area contributed by atoms with Gasteiger partial charge in [-0.25, -0.2) is 19.9 Å². The highest BCUT2D eigenvalue weighted by Gasteiger charge is 2.22. The molecular formula is C26H27N7O3S. The van der Waals surface area contributed by atoms with Gasteiger partial charge in [-0.3, -0.25) is 4.79 Å². The highest BCUT2D eigenvalue weighted by Crippen LogP contribution is 2.40. The van der Waals surface area contributed by atoms with Gasteiger partial charge in [-0.1, -0.05) is 6.07 Å². The number of benzene rings is 1. The topological polar surface area (TPSA) is 120 Å². The molecule has 0 atom stereocenters. The Balaban J connectivity index is 1.39. The van der Waals surface area contributed by atoms with Crippen LogP contribution in [0.3, 0.4) is 0 Å². The van der Waals surface area contributed by atoms with Gasteiger partial charge < -0.3 is 25.0 Å². The molecule has 4 aromatic rings. The van der Waals surface area contributed by atoms with Crippen molar-refractivity contribution in [2.24, 2.45) is 0 Å². The van der Waals surface area contributed by atoms with E-state index in [1.807, 2.05) is 30.0 Å². The summed E-state index contributed by atoms with van der Waals surface area (Å²) in [6, 6.07) is 8.02. The molecule has 11 heteroatoms. The van der Waals surface area contributed by atoms with Gasteiger partial charge >= 0.3 is 0 Å². The number of nitrogens with two attached hydrogens (primary N) is 1. The number of morpholine rings is 2. The first-order chi connectivity index (χ1) is 18.1. The zero-order valence-electron chi connectivity index (χ0n) is 20.5. The molecule has 2 aliphatic heterocycles. The number of amides is 1. The molecule has 1 amide bonds. The van der Waals surface area contributed by atoms with Crippen molar-refractivity contribution in [3.8, 4) is 21.8 Å². The molecule has 0 bridgehead atoms. The lowest BCUT2D eigenvalue weighted by Crippen LogP contribution is -2.40. The number of aromatic nitrogens is 4. The quantitative estimate of drug-likeness (QED) is 0.436. The van der Waals surface area contributed by atoms with Crippen molar-refractivity contribution in [2.45, 2.75) is 6.92 Å². The van der Waals surface area contributed by atoms with Crippen molar-refractivity contribution < 1.29 is 14.3 Å². The Labute approximate surface area is 218 Å². The maximum atomic E-state index is 13.0. The molecule has 6 rings (SSSR count). The highest BCUT2D eigenvalue weighted by molar-refractivity contribution is 7.22. The third kappa shape index (κ3) is 4.73. The van der Waals surface area contributed by atoms with E-state index in [1.54, 1.807) is 23.7 Å². The second-order valence-corrected chi connectivity index (χ2v) is 10.1. The number of hydrogen-bond donors (Lipinski definition) is 1. The van der Waals surface area contributed by atoms with Crippen molar-refractivity contribution in [1.29, 1.82) is 0 Å². The molecule has 2 fully saturated rings. The summed E-state index contributed by atoms with van der Waals surface area (Å²) in [5.74, 6) is 1.70. The van der Waals surface area contributed by atoms with Gasteiger partial charge in [-0.05, 0) is 36.2 Å².